The first kappa shape index (κ1) is 6.85. The van der Waals surface area contributed by atoms with Crippen molar-refractivity contribution in [1.29, 1.82) is 0 Å². The Morgan fingerprint density at radius 1 is 1.10 bits per heavy atom. The van der Waals surface area contributed by atoms with Crippen LogP contribution in [0.3, 0.4) is 0 Å². The van der Waals surface area contributed by atoms with Crippen molar-refractivity contribution in [1.82, 2.24) is 15.0 Å². The zero-order valence-electron chi connectivity index (χ0n) is 5.63. The molecule has 0 saturated carbocycles. The number of halogens is 1. The van der Waals surface area contributed by atoms with Crippen molar-refractivity contribution in [2.45, 2.75) is 13.8 Å². The lowest BCUT2D eigenvalue weighted by Crippen LogP contribution is -1.97. The topological polar surface area (TPSA) is 47.9 Å². The summed E-state index contributed by atoms with van der Waals surface area (Å²) in [7, 11) is 0. The number of rotatable bonds is 1. The highest BCUT2D eigenvalue weighted by molar-refractivity contribution is 4.97. The van der Waals surface area contributed by atoms with E-state index in [0.717, 1.165) is 0 Å². The summed E-state index contributed by atoms with van der Waals surface area (Å²) in [4.78, 5) is 14.2. The van der Waals surface area contributed by atoms with Crippen molar-refractivity contribution < 1.29 is 9.47 Å². The van der Waals surface area contributed by atoms with Crippen LogP contribution in [0.5, 0.6) is 6.01 Å². The average molecular weight is 143 g/mol. The fraction of sp³-hybridized carbons (Fsp3) is 0.400. The molecule has 0 bridgehead atoms. The molecule has 0 radical (unpaired) electrons. The summed E-state index contributed by atoms with van der Waals surface area (Å²) >= 11 is 0. The summed E-state index contributed by atoms with van der Waals surface area (Å²) in [6, 6.07) is -0.287. The normalized spacial score (nSPS) is 9.50. The van der Waals surface area contributed by atoms with Gasteiger partial charge in [-0.1, -0.05) is 0 Å². The van der Waals surface area contributed by atoms with E-state index < -0.39 is 0 Å². The molecule has 0 aliphatic carbocycles. The predicted octanol–water partition coefficient (Wildman–Crippen LogP) is 0.752. The largest absolute Gasteiger partial charge is 0.363 e. The molecule has 0 saturated heterocycles. The lowest BCUT2D eigenvalue weighted by Gasteiger charge is -1.94. The van der Waals surface area contributed by atoms with Gasteiger partial charge in [-0.15, -0.1) is 0 Å². The van der Waals surface area contributed by atoms with Crippen molar-refractivity contribution in [3.05, 3.63) is 11.6 Å². The van der Waals surface area contributed by atoms with Gasteiger partial charge in [-0.25, -0.2) is 4.98 Å². The molecular formula is C5H6FN3O. The van der Waals surface area contributed by atoms with Crippen molar-refractivity contribution in [3.63, 3.8) is 0 Å². The Morgan fingerprint density at radius 2 is 1.60 bits per heavy atom. The van der Waals surface area contributed by atoms with E-state index in [0.29, 0.717) is 11.6 Å². The fourth-order valence-corrected chi connectivity index (χ4v) is 0.621. The van der Waals surface area contributed by atoms with Crippen LogP contribution in [0, 0.1) is 13.8 Å². The first-order chi connectivity index (χ1) is 4.72. The Balaban J connectivity index is 3.06. The minimum Gasteiger partial charge on any atom is -0.251 e. The number of aromatic nitrogens is 3. The molecular weight excluding hydrogens is 137 g/mol. The van der Waals surface area contributed by atoms with Crippen molar-refractivity contribution >= 4 is 0 Å². The van der Waals surface area contributed by atoms with Gasteiger partial charge in [0, 0.05) is 4.53 Å². The molecule has 1 heterocycles. The highest BCUT2D eigenvalue weighted by atomic mass is 19.3. The zero-order valence-corrected chi connectivity index (χ0v) is 5.63. The molecule has 0 aliphatic rings. The first-order valence-corrected chi connectivity index (χ1v) is 2.70. The standard InChI is InChI=1S/C5H6FN3O/c1-3-7-4(2)9-5(8-3)10-6/h1-2H3. The van der Waals surface area contributed by atoms with Crippen LogP contribution in [0.25, 0.3) is 0 Å². The number of hydrogen-bond donors (Lipinski definition) is 0. The van der Waals surface area contributed by atoms with Crippen molar-refractivity contribution in [2.75, 3.05) is 0 Å². The number of hydrogen-bond acceptors (Lipinski definition) is 4. The zero-order chi connectivity index (χ0) is 7.56. The van der Waals surface area contributed by atoms with Gasteiger partial charge in [0.1, 0.15) is 11.6 Å². The van der Waals surface area contributed by atoms with E-state index in [2.05, 4.69) is 19.9 Å². The predicted molar refractivity (Wildman–Crippen MR) is 31.0 cm³/mol. The third kappa shape index (κ3) is 1.37. The SMILES string of the molecule is Cc1nc(C)nc(OF)n1. The Hall–Kier alpha value is -1.26. The molecule has 1 aromatic rings. The van der Waals surface area contributed by atoms with Crippen molar-refractivity contribution in [2.24, 2.45) is 0 Å². The third-order valence-electron chi connectivity index (χ3n) is 0.908. The van der Waals surface area contributed by atoms with Gasteiger partial charge < -0.3 is 0 Å². The van der Waals surface area contributed by atoms with Gasteiger partial charge in [-0.2, -0.15) is 9.97 Å². The Kier molecular flexibility index (Phi) is 1.75. The summed E-state index contributed by atoms with van der Waals surface area (Å²) < 4.78 is 11.4. The highest BCUT2D eigenvalue weighted by Gasteiger charge is 1.99. The Morgan fingerprint density at radius 3 is 2.00 bits per heavy atom. The van der Waals surface area contributed by atoms with Crippen LogP contribution in [0.1, 0.15) is 11.6 Å². The summed E-state index contributed by atoms with van der Waals surface area (Å²) in [6.45, 7) is 3.27. The maximum atomic E-state index is 11.4. The van der Waals surface area contributed by atoms with E-state index in [1.54, 1.807) is 13.8 Å². The van der Waals surface area contributed by atoms with E-state index in [-0.39, 0.29) is 6.01 Å². The molecule has 0 fully saturated rings. The molecule has 10 heavy (non-hydrogen) atoms. The monoisotopic (exact) mass is 143 g/mol. The molecule has 5 heteroatoms. The maximum absolute atomic E-state index is 11.4. The van der Waals surface area contributed by atoms with Crippen LogP contribution < -0.4 is 4.94 Å². The molecule has 0 spiro atoms. The second-order valence-electron chi connectivity index (χ2n) is 1.79. The Bertz CT molecular complexity index is 220. The summed E-state index contributed by atoms with van der Waals surface area (Å²) in [5.41, 5.74) is 0. The third-order valence-corrected chi connectivity index (χ3v) is 0.908. The number of aryl methyl sites for hydroxylation is 2. The van der Waals surface area contributed by atoms with Crippen LogP contribution >= 0.6 is 0 Å². The summed E-state index contributed by atoms with van der Waals surface area (Å²) in [5.74, 6) is 0.889. The van der Waals surface area contributed by atoms with Gasteiger partial charge in [-0.05, 0) is 13.8 Å². The molecule has 1 rings (SSSR count). The smallest absolute Gasteiger partial charge is 0.251 e. The Labute approximate surface area is 57.0 Å². The number of nitrogens with zero attached hydrogens (tertiary/aromatic N) is 3. The summed E-state index contributed by atoms with van der Waals surface area (Å²) in [5, 5.41) is 0. The lowest BCUT2D eigenvalue weighted by atomic mass is 10.6. The first-order valence-electron chi connectivity index (χ1n) is 2.70. The van der Waals surface area contributed by atoms with Gasteiger partial charge >= 0.3 is 6.01 Å². The van der Waals surface area contributed by atoms with Gasteiger partial charge in [0.25, 0.3) is 0 Å². The average Bonchev–Trinajstić information content (AvgIpc) is 1.85. The van der Waals surface area contributed by atoms with Gasteiger partial charge in [0.05, 0.1) is 0 Å². The highest BCUT2D eigenvalue weighted by Crippen LogP contribution is 2.01. The van der Waals surface area contributed by atoms with E-state index in [4.69, 9.17) is 0 Å². The van der Waals surface area contributed by atoms with Crippen LogP contribution in [-0.4, -0.2) is 15.0 Å². The maximum Gasteiger partial charge on any atom is 0.363 e. The molecule has 0 amide bonds. The van der Waals surface area contributed by atoms with Crippen molar-refractivity contribution in [3.8, 4) is 6.01 Å². The van der Waals surface area contributed by atoms with Gasteiger partial charge in [0.2, 0.25) is 0 Å². The molecule has 0 aliphatic heterocycles. The van der Waals surface area contributed by atoms with E-state index in [1.807, 2.05) is 0 Å². The molecule has 0 aromatic carbocycles. The molecule has 0 unspecified atom stereocenters. The minimum absolute atomic E-state index is 0.287. The summed E-state index contributed by atoms with van der Waals surface area (Å²) in [6.07, 6.45) is 0. The lowest BCUT2D eigenvalue weighted by molar-refractivity contribution is -0.0185. The molecule has 0 N–H and O–H groups in total. The van der Waals surface area contributed by atoms with Crippen LogP contribution in [0.15, 0.2) is 0 Å². The molecule has 4 nitrogen and oxygen atoms in total. The molecule has 0 atom stereocenters. The van der Waals surface area contributed by atoms with Crippen LogP contribution in [-0.2, 0) is 0 Å². The van der Waals surface area contributed by atoms with Crippen LogP contribution in [0.2, 0.25) is 0 Å². The minimum atomic E-state index is -0.287. The fourth-order valence-electron chi connectivity index (χ4n) is 0.621. The second-order valence-corrected chi connectivity index (χ2v) is 1.79. The van der Waals surface area contributed by atoms with E-state index in [9.17, 15) is 4.53 Å². The molecule has 54 valence electrons. The van der Waals surface area contributed by atoms with Gasteiger partial charge in [0.15, 0.2) is 0 Å². The quantitative estimate of drug-likeness (QED) is 0.582. The van der Waals surface area contributed by atoms with Crippen LogP contribution in [0.4, 0.5) is 4.53 Å². The van der Waals surface area contributed by atoms with E-state index in [1.165, 1.54) is 0 Å². The van der Waals surface area contributed by atoms with Gasteiger partial charge in [-0.3, -0.25) is 4.94 Å². The second kappa shape index (κ2) is 2.55. The van der Waals surface area contributed by atoms with E-state index >= 15 is 0 Å². The molecule has 1 aromatic heterocycles.